The van der Waals surface area contributed by atoms with Gasteiger partial charge in [-0.1, -0.05) is 12.1 Å². The summed E-state index contributed by atoms with van der Waals surface area (Å²) in [4.78, 5) is 0. The fraction of sp³-hybridized carbons (Fsp3) is 0.571. The zero-order valence-electron chi connectivity index (χ0n) is 10.4. The quantitative estimate of drug-likeness (QED) is 0.873. The number of aliphatic hydroxyl groups is 1. The summed E-state index contributed by atoms with van der Waals surface area (Å²) in [5, 5.41) is 10.2. The molecule has 0 aliphatic carbocycles. The fourth-order valence-electron chi connectivity index (χ4n) is 2.09. The second kappa shape index (κ2) is 5.52. The molecule has 1 aliphatic heterocycles. The monoisotopic (exact) mass is 236 g/mol. The topological polar surface area (TPSA) is 38.7 Å². The molecule has 0 radical (unpaired) electrons. The standard InChI is InChI=1S/C14H20O3/c1-10(2)17-13-5-3-11(4-6-13)14(15)12-7-8-16-9-12/h3-6,10,12,14-15H,7-9H2,1-2H3. The Bertz CT molecular complexity index is 339. The van der Waals surface area contributed by atoms with Gasteiger partial charge < -0.3 is 14.6 Å². The molecule has 1 aromatic carbocycles. The average Bonchev–Trinajstić information content (AvgIpc) is 2.82. The van der Waals surface area contributed by atoms with E-state index in [4.69, 9.17) is 9.47 Å². The van der Waals surface area contributed by atoms with Gasteiger partial charge >= 0.3 is 0 Å². The SMILES string of the molecule is CC(C)Oc1ccc(C(O)C2CCOC2)cc1. The molecular formula is C14H20O3. The molecule has 1 saturated heterocycles. The van der Waals surface area contributed by atoms with Crippen LogP contribution in [0.25, 0.3) is 0 Å². The summed E-state index contributed by atoms with van der Waals surface area (Å²) in [6, 6.07) is 7.68. The first-order valence-electron chi connectivity index (χ1n) is 6.19. The van der Waals surface area contributed by atoms with Crippen LogP contribution in [0.3, 0.4) is 0 Å². The van der Waals surface area contributed by atoms with Crippen molar-refractivity contribution in [2.24, 2.45) is 5.92 Å². The largest absolute Gasteiger partial charge is 0.491 e. The van der Waals surface area contributed by atoms with E-state index in [9.17, 15) is 5.11 Å². The minimum Gasteiger partial charge on any atom is -0.491 e. The van der Waals surface area contributed by atoms with E-state index < -0.39 is 6.10 Å². The van der Waals surface area contributed by atoms with Gasteiger partial charge in [0, 0.05) is 12.5 Å². The highest BCUT2D eigenvalue weighted by molar-refractivity contribution is 5.29. The Balaban J connectivity index is 2.01. The minimum absolute atomic E-state index is 0.175. The van der Waals surface area contributed by atoms with Crippen molar-refractivity contribution in [3.63, 3.8) is 0 Å². The van der Waals surface area contributed by atoms with E-state index in [2.05, 4.69) is 0 Å². The number of hydrogen-bond donors (Lipinski definition) is 1. The van der Waals surface area contributed by atoms with E-state index in [0.29, 0.717) is 6.61 Å². The maximum Gasteiger partial charge on any atom is 0.119 e. The summed E-state index contributed by atoms with van der Waals surface area (Å²) >= 11 is 0. The van der Waals surface area contributed by atoms with Gasteiger partial charge in [-0.15, -0.1) is 0 Å². The Morgan fingerprint density at radius 3 is 2.53 bits per heavy atom. The molecule has 0 aromatic heterocycles. The predicted molar refractivity (Wildman–Crippen MR) is 66.1 cm³/mol. The molecule has 2 atom stereocenters. The zero-order chi connectivity index (χ0) is 12.3. The molecule has 3 heteroatoms. The molecule has 0 bridgehead atoms. The summed E-state index contributed by atoms with van der Waals surface area (Å²) in [6.07, 6.45) is 0.686. The molecule has 17 heavy (non-hydrogen) atoms. The molecule has 0 amide bonds. The smallest absolute Gasteiger partial charge is 0.119 e. The van der Waals surface area contributed by atoms with E-state index in [1.165, 1.54) is 0 Å². The van der Waals surface area contributed by atoms with Crippen LogP contribution in [0.5, 0.6) is 5.75 Å². The number of benzene rings is 1. The van der Waals surface area contributed by atoms with E-state index in [1.807, 2.05) is 38.1 Å². The highest BCUT2D eigenvalue weighted by atomic mass is 16.5. The maximum absolute atomic E-state index is 10.2. The Hall–Kier alpha value is -1.06. The van der Waals surface area contributed by atoms with Gasteiger partial charge in [0.25, 0.3) is 0 Å². The Labute approximate surface area is 102 Å². The van der Waals surface area contributed by atoms with Crippen molar-refractivity contribution in [1.29, 1.82) is 0 Å². The van der Waals surface area contributed by atoms with Gasteiger partial charge in [0.05, 0.1) is 18.8 Å². The lowest BCUT2D eigenvalue weighted by atomic mass is 9.95. The zero-order valence-corrected chi connectivity index (χ0v) is 10.4. The lowest BCUT2D eigenvalue weighted by Crippen LogP contribution is -2.12. The van der Waals surface area contributed by atoms with Gasteiger partial charge in [-0.2, -0.15) is 0 Å². The molecule has 0 saturated carbocycles. The van der Waals surface area contributed by atoms with Crippen LogP contribution < -0.4 is 4.74 Å². The highest BCUT2D eigenvalue weighted by Gasteiger charge is 2.25. The number of aliphatic hydroxyl groups excluding tert-OH is 1. The summed E-state index contributed by atoms with van der Waals surface area (Å²) < 4.78 is 10.9. The number of hydrogen-bond acceptors (Lipinski definition) is 3. The first kappa shape index (κ1) is 12.4. The number of rotatable bonds is 4. The van der Waals surface area contributed by atoms with Crippen LogP contribution >= 0.6 is 0 Å². The van der Waals surface area contributed by atoms with Crippen LogP contribution in [0.15, 0.2) is 24.3 Å². The third-order valence-corrected chi connectivity index (χ3v) is 3.00. The Morgan fingerprint density at radius 2 is 2.00 bits per heavy atom. The molecule has 3 nitrogen and oxygen atoms in total. The van der Waals surface area contributed by atoms with Crippen molar-refractivity contribution in [2.75, 3.05) is 13.2 Å². The van der Waals surface area contributed by atoms with Crippen molar-refractivity contribution in [3.05, 3.63) is 29.8 Å². The molecule has 94 valence electrons. The van der Waals surface area contributed by atoms with Gasteiger partial charge in [-0.25, -0.2) is 0 Å². The summed E-state index contributed by atoms with van der Waals surface area (Å²) in [5.74, 6) is 1.07. The van der Waals surface area contributed by atoms with E-state index in [1.54, 1.807) is 0 Å². The van der Waals surface area contributed by atoms with Crippen LogP contribution in [-0.2, 0) is 4.74 Å². The van der Waals surface area contributed by atoms with E-state index in [-0.39, 0.29) is 12.0 Å². The lowest BCUT2D eigenvalue weighted by Gasteiger charge is -2.17. The fourth-order valence-corrected chi connectivity index (χ4v) is 2.09. The Kier molecular flexibility index (Phi) is 4.02. The maximum atomic E-state index is 10.2. The molecule has 1 aromatic rings. The second-order valence-corrected chi connectivity index (χ2v) is 4.80. The molecular weight excluding hydrogens is 216 g/mol. The van der Waals surface area contributed by atoms with Crippen LogP contribution in [-0.4, -0.2) is 24.4 Å². The molecule has 0 spiro atoms. The van der Waals surface area contributed by atoms with Crippen LogP contribution in [0.1, 0.15) is 31.9 Å². The summed E-state index contributed by atoms with van der Waals surface area (Å²) in [5.41, 5.74) is 0.941. The summed E-state index contributed by atoms with van der Waals surface area (Å²) in [6.45, 7) is 5.42. The lowest BCUT2D eigenvalue weighted by molar-refractivity contribution is 0.0917. The van der Waals surface area contributed by atoms with E-state index >= 15 is 0 Å². The van der Waals surface area contributed by atoms with E-state index in [0.717, 1.165) is 24.3 Å². The summed E-state index contributed by atoms with van der Waals surface area (Å²) in [7, 11) is 0. The van der Waals surface area contributed by atoms with Crippen molar-refractivity contribution in [1.82, 2.24) is 0 Å². The van der Waals surface area contributed by atoms with Crippen LogP contribution in [0.2, 0.25) is 0 Å². The van der Waals surface area contributed by atoms with Crippen molar-refractivity contribution < 1.29 is 14.6 Å². The highest BCUT2D eigenvalue weighted by Crippen LogP contribution is 2.29. The first-order chi connectivity index (χ1) is 8.16. The van der Waals surface area contributed by atoms with Crippen LogP contribution in [0, 0.1) is 5.92 Å². The molecule has 1 N–H and O–H groups in total. The van der Waals surface area contributed by atoms with Gasteiger partial charge in [-0.05, 0) is 38.0 Å². The van der Waals surface area contributed by atoms with Gasteiger partial charge in [0.1, 0.15) is 5.75 Å². The predicted octanol–water partition coefficient (Wildman–Crippen LogP) is 2.54. The molecule has 2 rings (SSSR count). The van der Waals surface area contributed by atoms with Gasteiger partial charge in [0.2, 0.25) is 0 Å². The molecule has 2 unspecified atom stereocenters. The third-order valence-electron chi connectivity index (χ3n) is 3.00. The van der Waals surface area contributed by atoms with Gasteiger partial charge in [-0.3, -0.25) is 0 Å². The molecule has 1 aliphatic rings. The normalized spacial score (nSPS) is 21.8. The van der Waals surface area contributed by atoms with Crippen molar-refractivity contribution >= 4 is 0 Å². The third kappa shape index (κ3) is 3.20. The van der Waals surface area contributed by atoms with Crippen LogP contribution in [0.4, 0.5) is 0 Å². The second-order valence-electron chi connectivity index (χ2n) is 4.80. The molecule has 1 fully saturated rings. The van der Waals surface area contributed by atoms with Crippen molar-refractivity contribution in [3.8, 4) is 5.75 Å². The van der Waals surface area contributed by atoms with Crippen molar-refractivity contribution in [2.45, 2.75) is 32.5 Å². The minimum atomic E-state index is -0.425. The molecule has 1 heterocycles. The number of ether oxygens (including phenoxy) is 2. The average molecular weight is 236 g/mol. The Morgan fingerprint density at radius 1 is 1.29 bits per heavy atom. The van der Waals surface area contributed by atoms with Gasteiger partial charge in [0.15, 0.2) is 0 Å². The first-order valence-corrected chi connectivity index (χ1v) is 6.19.